The zero-order valence-corrected chi connectivity index (χ0v) is 27.3. The molecule has 0 spiro atoms. The van der Waals surface area contributed by atoms with Gasteiger partial charge >= 0.3 is 6.03 Å². The minimum absolute atomic E-state index is 0.0329. The quantitative estimate of drug-likeness (QED) is 0.108. The molecule has 0 unspecified atom stereocenters. The number of amides is 2. The molecule has 2 amide bonds. The van der Waals surface area contributed by atoms with Crippen molar-refractivity contribution in [3.8, 4) is 11.3 Å². The molecule has 0 aliphatic rings. The highest BCUT2D eigenvalue weighted by Gasteiger charge is 2.22. The van der Waals surface area contributed by atoms with E-state index in [0.29, 0.717) is 53.4 Å². The topological polar surface area (TPSA) is 152 Å². The average molecular weight is 677 g/mol. The van der Waals surface area contributed by atoms with Gasteiger partial charge in [-0.2, -0.15) is 0 Å². The number of nitrogens with one attached hydrogen (secondary N) is 4. The van der Waals surface area contributed by atoms with Gasteiger partial charge in [0.15, 0.2) is 9.84 Å². The molecule has 4 aromatic rings. The summed E-state index contributed by atoms with van der Waals surface area (Å²) < 4.78 is 33.2. The number of rotatable bonds is 13. The number of halogens is 2. The minimum atomic E-state index is -3.50. The highest BCUT2D eigenvalue weighted by Crippen LogP contribution is 2.29. The van der Waals surface area contributed by atoms with Gasteiger partial charge in [-0.05, 0) is 47.9 Å². The first-order chi connectivity index (χ1) is 21.5. The van der Waals surface area contributed by atoms with Crippen LogP contribution in [0.25, 0.3) is 11.3 Å². The Labute approximate surface area is 272 Å². The van der Waals surface area contributed by atoms with Crippen molar-refractivity contribution in [3.63, 3.8) is 0 Å². The van der Waals surface area contributed by atoms with Crippen LogP contribution < -0.4 is 16.0 Å². The average Bonchev–Trinajstić information content (AvgIpc) is 3.41. The van der Waals surface area contributed by atoms with Gasteiger partial charge in [-0.25, -0.2) is 18.2 Å². The Kier molecular flexibility index (Phi) is 13.7. The van der Waals surface area contributed by atoms with E-state index in [0.717, 1.165) is 23.1 Å². The van der Waals surface area contributed by atoms with Gasteiger partial charge in [-0.1, -0.05) is 65.7 Å². The largest absolute Gasteiger partial charge is 0.465 e. The Morgan fingerprint density at radius 1 is 1.04 bits per heavy atom. The zero-order chi connectivity index (χ0) is 32.8. The number of urea groups is 1. The Balaban J connectivity index is 0.000000707. The molecule has 1 aromatic heterocycles. The number of aromatic amines is 1. The van der Waals surface area contributed by atoms with Crippen LogP contribution in [0.15, 0.2) is 77.7 Å². The molecule has 240 valence electrons. The smallest absolute Gasteiger partial charge is 0.315 e. The summed E-state index contributed by atoms with van der Waals surface area (Å²) >= 11 is 12.6. The van der Waals surface area contributed by atoms with Gasteiger partial charge in [-0.3, -0.25) is 4.79 Å². The number of ether oxygens (including phenoxy) is 2. The van der Waals surface area contributed by atoms with Crippen LogP contribution in [-0.2, 0) is 37.1 Å². The lowest BCUT2D eigenvalue weighted by Gasteiger charge is -2.18. The van der Waals surface area contributed by atoms with E-state index in [9.17, 15) is 18.0 Å². The number of carbonyl (C=O) groups excluding carboxylic acids is 2. The van der Waals surface area contributed by atoms with E-state index in [-0.39, 0.29) is 11.4 Å². The SMILES string of the molecule is CNc1ccc(-c2nc([C@H](Cc3ccccc3)NC(=O)NCc3cc(Cl)ccc3S(C)(=O)=O)[nH]c2Cl)cc1.COCCOC=O. The second-order valence-electron chi connectivity index (χ2n) is 9.67. The Bertz CT molecular complexity index is 1650. The predicted molar refractivity (Wildman–Crippen MR) is 175 cm³/mol. The lowest BCUT2D eigenvalue weighted by molar-refractivity contribution is -0.129. The van der Waals surface area contributed by atoms with Gasteiger partial charge in [0.25, 0.3) is 6.47 Å². The van der Waals surface area contributed by atoms with Crippen molar-refractivity contribution in [3.05, 3.63) is 99.9 Å². The summed E-state index contributed by atoms with van der Waals surface area (Å²) in [7, 11) is -0.111. The molecular weight excluding hydrogens is 641 g/mol. The molecule has 14 heteroatoms. The zero-order valence-electron chi connectivity index (χ0n) is 25.0. The first-order valence-electron chi connectivity index (χ1n) is 13.7. The number of aromatic nitrogens is 2. The third-order valence-corrected chi connectivity index (χ3v) is 8.08. The van der Waals surface area contributed by atoms with Crippen LogP contribution in [0.2, 0.25) is 10.2 Å². The van der Waals surface area contributed by atoms with Crippen LogP contribution in [0, 0.1) is 0 Å². The van der Waals surface area contributed by atoms with Crippen molar-refractivity contribution >= 4 is 51.2 Å². The van der Waals surface area contributed by atoms with Gasteiger partial charge in [0.2, 0.25) is 0 Å². The number of H-pyrrole nitrogens is 1. The maximum absolute atomic E-state index is 13.0. The molecule has 0 saturated heterocycles. The second kappa shape index (κ2) is 17.4. The van der Waals surface area contributed by atoms with E-state index in [2.05, 4.69) is 30.4 Å². The highest BCUT2D eigenvalue weighted by molar-refractivity contribution is 7.90. The van der Waals surface area contributed by atoms with Crippen LogP contribution in [-0.4, -0.2) is 64.5 Å². The van der Waals surface area contributed by atoms with E-state index >= 15 is 0 Å². The normalized spacial score (nSPS) is 11.5. The van der Waals surface area contributed by atoms with Crippen molar-refractivity contribution in [1.29, 1.82) is 0 Å². The molecule has 1 heterocycles. The number of benzene rings is 3. The third kappa shape index (κ3) is 11.1. The molecule has 4 rings (SSSR count). The summed E-state index contributed by atoms with van der Waals surface area (Å²) in [6, 6.07) is 20.7. The summed E-state index contributed by atoms with van der Waals surface area (Å²) in [5, 5.41) is 9.48. The van der Waals surface area contributed by atoms with Gasteiger partial charge in [0.1, 0.15) is 23.3 Å². The molecule has 1 atom stereocenters. The number of anilines is 1. The lowest BCUT2D eigenvalue weighted by atomic mass is 10.1. The number of hydrogen-bond donors (Lipinski definition) is 4. The molecule has 3 aromatic carbocycles. The summed E-state index contributed by atoms with van der Waals surface area (Å²) in [6.07, 6.45) is 1.56. The maximum Gasteiger partial charge on any atom is 0.315 e. The van der Waals surface area contributed by atoms with Crippen LogP contribution >= 0.6 is 23.2 Å². The van der Waals surface area contributed by atoms with Gasteiger partial charge in [-0.15, -0.1) is 0 Å². The molecule has 0 aliphatic carbocycles. The number of methoxy groups -OCH3 is 1. The number of sulfone groups is 1. The molecule has 0 saturated carbocycles. The van der Waals surface area contributed by atoms with Crippen molar-refractivity contribution < 1.29 is 27.5 Å². The molecule has 4 N–H and O–H groups in total. The fourth-order valence-corrected chi connectivity index (χ4v) is 5.56. The molecule has 0 fully saturated rings. The van der Waals surface area contributed by atoms with E-state index in [1.807, 2.05) is 61.6 Å². The predicted octanol–water partition coefficient (Wildman–Crippen LogP) is 5.42. The van der Waals surface area contributed by atoms with Crippen molar-refractivity contribution in [2.45, 2.75) is 23.9 Å². The fourth-order valence-electron chi connectivity index (χ4n) is 4.20. The lowest BCUT2D eigenvalue weighted by Crippen LogP contribution is -2.39. The molecule has 11 nitrogen and oxygen atoms in total. The first-order valence-corrected chi connectivity index (χ1v) is 16.3. The number of imidazole rings is 1. The highest BCUT2D eigenvalue weighted by atomic mass is 35.5. The Hall–Kier alpha value is -4.10. The number of hydrogen-bond acceptors (Lipinski definition) is 8. The van der Waals surface area contributed by atoms with E-state index < -0.39 is 21.9 Å². The van der Waals surface area contributed by atoms with Crippen molar-refractivity contribution in [2.75, 3.05) is 38.9 Å². The van der Waals surface area contributed by atoms with Gasteiger partial charge < -0.3 is 30.4 Å². The van der Waals surface area contributed by atoms with Crippen LogP contribution in [0.4, 0.5) is 10.5 Å². The number of nitrogens with zero attached hydrogens (tertiary/aromatic N) is 1. The maximum atomic E-state index is 13.0. The standard InChI is InChI=1S/C27H27Cl2N5O3S.C4H8O3/c1-30-21-11-8-18(9-12-21)24-25(29)34-26(33-24)22(14-17-6-4-3-5-7-17)32-27(35)31-16-19-15-20(28)10-13-23(19)38(2,36)37;1-6-2-3-7-4-5/h3-13,15,22,30H,14,16H2,1-2H3,(H,33,34)(H2,31,32,35);4H,2-3H2,1H3/t22-;/m0./s1. The van der Waals surface area contributed by atoms with Gasteiger partial charge in [0, 0.05) is 43.2 Å². The first kappa shape index (κ1) is 35.4. The number of carbonyl (C=O) groups is 2. The summed E-state index contributed by atoms with van der Waals surface area (Å²) in [5.41, 5.74) is 3.73. The minimum Gasteiger partial charge on any atom is -0.465 e. The Morgan fingerprint density at radius 3 is 2.38 bits per heavy atom. The summed E-state index contributed by atoms with van der Waals surface area (Å²) in [6.45, 7) is 1.19. The van der Waals surface area contributed by atoms with E-state index in [1.54, 1.807) is 7.11 Å². The molecule has 45 heavy (non-hydrogen) atoms. The monoisotopic (exact) mass is 675 g/mol. The van der Waals surface area contributed by atoms with E-state index in [1.165, 1.54) is 18.2 Å². The van der Waals surface area contributed by atoms with E-state index in [4.69, 9.17) is 28.2 Å². The molecule has 0 radical (unpaired) electrons. The van der Waals surface area contributed by atoms with Crippen molar-refractivity contribution in [1.82, 2.24) is 20.6 Å². The molecule has 0 bridgehead atoms. The molecule has 0 aliphatic heterocycles. The van der Waals surface area contributed by atoms with Crippen LogP contribution in [0.3, 0.4) is 0 Å². The van der Waals surface area contributed by atoms with Crippen LogP contribution in [0.5, 0.6) is 0 Å². The van der Waals surface area contributed by atoms with Crippen molar-refractivity contribution in [2.24, 2.45) is 0 Å². The third-order valence-electron chi connectivity index (χ3n) is 6.38. The second-order valence-corrected chi connectivity index (χ2v) is 12.5. The van der Waals surface area contributed by atoms with Crippen LogP contribution in [0.1, 0.15) is 23.0 Å². The molecular formula is C31H35Cl2N5O6S. The summed E-state index contributed by atoms with van der Waals surface area (Å²) in [5.74, 6) is 0.487. The Morgan fingerprint density at radius 2 is 1.76 bits per heavy atom. The summed E-state index contributed by atoms with van der Waals surface area (Å²) in [4.78, 5) is 30.3. The fraction of sp³-hybridized carbons (Fsp3) is 0.258. The van der Waals surface area contributed by atoms with Gasteiger partial charge in [0.05, 0.1) is 17.5 Å².